The van der Waals surface area contributed by atoms with Gasteiger partial charge in [0.1, 0.15) is 11.8 Å². The van der Waals surface area contributed by atoms with E-state index in [0.717, 1.165) is 30.6 Å². The number of carbonyl (C=O) groups is 2. The van der Waals surface area contributed by atoms with E-state index in [2.05, 4.69) is 5.32 Å². The third-order valence-corrected chi connectivity index (χ3v) is 4.23. The largest absolute Gasteiger partial charge is 0.491 e. The Kier molecular flexibility index (Phi) is 6.82. The smallest absolute Gasteiger partial charge is 0.320 e. The highest BCUT2D eigenvalue weighted by molar-refractivity contribution is 5.80. The number of hydrogen-bond donors (Lipinski definition) is 2. The molecule has 0 heterocycles. The van der Waals surface area contributed by atoms with Crippen LogP contribution >= 0.6 is 0 Å². The number of amides is 1. The minimum Gasteiger partial charge on any atom is -0.491 e. The lowest BCUT2D eigenvalue weighted by molar-refractivity contribution is -0.143. The fourth-order valence-electron chi connectivity index (χ4n) is 2.71. The molecular weight excluding hydrogens is 320 g/mol. The first-order valence-corrected chi connectivity index (χ1v) is 8.87. The van der Waals surface area contributed by atoms with Crippen LogP contribution in [-0.2, 0) is 16.0 Å². The molecule has 1 aromatic rings. The third kappa shape index (κ3) is 6.38. The Morgan fingerprint density at radius 3 is 2.40 bits per heavy atom. The van der Waals surface area contributed by atoms with Crippen molar-refractivity contribution in [2.75, 3.05) is 13.1 Å². The Morgan fingerprint density at radius 2 is 1.88 bits per heavy atom. The maximum absolute atomic E-state index is 12.1. The van der Waals surface area contributed by atoms with Gasteiger partial charge in [0, 0.05) is 12.6 Å². The van der Waals surface area contributed by atoms with E-state index in [0.29, 0.717) is 6.54 Å². The Morgan fingerprint density at radius 1 is 1.24 bits per heavy atom. The Hall–Kier alpha value is -2.08. The maximum Gasteiger partial charge on any atom is 0.320 e. The number of carboxylic acid groups (broad SMARTS) is 1. The zero-order chi connectivity index (χ0) is 18.4. The molecule has 6 nitrogen and oxygen atoms in total. The number of rotatable bonds is 10. The van der Waals surface area contributed by atoms with Crippen LogP contribution in [0, 0.1) is 0 Å². The van der Waals surface area contributed by atoms with Gasteiger partial charge in [-0.05, 0) is 57.7 Å². The van der Waals surface area contributed by atoms with E-state index in [1.807, 2.05) is 38.1 Å². The topological polar surface area (TPSA) is 78.9 Å². The van der Waals surface area contributed by atoms with Crippen molar-refractivity contribution in [3.8, 4) is 5.75 Å². The molecule has 0 radical (unpaired) electrons. The molecule has 1 atom stereocenters. The SMILES string of the molecule is CC(C)Oc1ccc(CCNC(=O)CN(C2CC2)C(C)C(=O)O)cc1. The molecule has 1 aliphatic carbocycles. The van der Waals surface area contributed by atoms with Crippen molar-refractivity contribution in [2.45, 2.75) is 58.2 Å². The predicted molar refractivity (Wildman–Crippen MR) is 95.7 cm³/mol. The second kappa shape index (κ2) is 8.85. The molecule has 6 heteroatoms. The van der Waals surface area contributed by atoms with Crippen molar-refractivity contribution < 1.29 is 19.4 Å². The summed E-state index contributed by atoms with van der Waals surface area (Å²) in [7, 11) is 0. The van der Waals surface area contributed by atoms with Crippen LogP contribution in [0.3, 0.4) is 0 Å². The zero-order valence-corrected chi connectivity index (χ0v) is 15.2. The number of ether oxygens (including phenoxy) is 1. The van der Waals surface area contributed by atoms with Crippen LogP contribution in [0.15, 0.2) is 24.3 Å². The van der Waals surface area contributed by atoms with Crippen LogP contribution in [0.2, 0.25) is 0 Å². The summed E-state index contributed by atoms with van der Waals surface area (Å²) in [6, 6.07) is 7.44. The molecule has 1 fully saturated rings. The van der Waals surface area contributed by atoms with Crippen molar-refractivity contribution in [2.24, 2.45) is 0 Å². The van der Waals surface area contributed by atoms with Crippen LogP contribution in [-0.4, -0.2) is 53.2 Å². The van der Waals surface area contributed by atoms with Crippen molar-refractivity contribution >= 4 is 11.9 Å². The fraction of sp³-hybridized carbons (Fsp3) is 0.579. The first-order valence-electron chi connectivity index (χ1n) is 8.87. The standard InChI is InChI=1S/C19H28N2O4/c1-13(2)25-17-8-4-15(5-9-17)10-11-20-18(22)12-21(16-6-7-16)14(3)19(23)24/h4-5,8-9,13-14,16H,6-7,10-12H2,1-3H3,(H,20,22)(H,23,24). The number of nitrogens with one attached hydrogen (secondary N) is 1. The van der Waals surface area contributed by atoms with E-state index in [4.69, 9.17) is 9.84 Å². The summed E-state index contributed by atoms with van der Waals surface area (Å²) in [5, 5.41) is 12.0. The van der Waals surface area contributed by atoms with Crippen molar-refractivity contribution in [3.63, 3.8) is 0 Å². The summed E-state index contributed by atoms with van der Waals surface area (Å²) in [4.78, 5) is 25.1. The van der Waals surface area contributed by atoms with E-state index in [1.54, 1.807) is 11.8 Å². The maximum atomic E-state index is 12.1. The quantitative estimate of drug-likeness (QED) is 0.677. The highest BCUT2D eigenvalue weighted by Crippen LogP contribution is 2.28. The van der Waals surface area contributed by atoms with E-state index in [-0.39, 0.29) is 24.6 Å². The number of carboxylic acids is 1. The Bertz CT molecular complexity index is 582. The van der Waals surface area contributed by atoms with Crippen LogP contribution < -0.4 is 10.1 Å². The molecule has 1 aromatic carbocycles. The van der Waals surface area contributed by atoms with Crippen LogP contribution in [0.1, 0.15) is 39.2 Å². The Balaban J connectivity index is 1.75. The average molecular weight is 348 g/mol. The van der Waals surface area contributed by atoms with Gasteiger partial charge in [0.2, 0.25) is 5.91 Å². The summed E-state index contributed by atoms with van der Waals surface area (Å²) >= 11 is 0. The molecule has 0 aromatic heterocycles. The Labute approximate surface area is 149 Å². The molecule has 0 spiro atoms. The van der Waals surface area contributed by atoms with Gasteiger partial charge in [0.15, 0.2) is 0 Å². The summed E-state index contributed by atoms with van der Waals surface area (Å²) in [6.45, 7) is 6.27. The van der Waals surface area contributed by atoms with Crippen molar-refractivity contribution in [3.05, 3.63) is 29.8 Å². The van der Waals surface area contributed by atoms with Gasteiger partial charge in [0.05, 0.1) is 12.6 Å². The van der Waals surface area contributed by atoms with E-state index in [9.17, 15) is 9.59 Å². The molecule has 0 bridgehead atoms. The molecule has 2 N–H and O–H groups in total. The lowest BCUT2D eigenvalue weighted by atomic mass is 10.1. The van der Waals surface area contributed by atoms with Crippen molar-refractivity contribution in [1.82, 2.24) is 10.2 Å². The average Bonchev–Trinajstić information content (AvgIpc) is 3.38. The van der Waals surface area contributed by atoms with Gasteiger partial charge >= 0.3 is 5.97 Å². The molecule has 1 amide bonds. The number of benzene rings is 1. The van der Waals surface area contributed by atoms with Gasteiger partial charge < -0.3 is 15.2 Å². The van der Waals surface area contributed by atoms with Crippen LogP contribution in [0.5, 0.6) is 5.75 Å². The van der Waals surface area contributed by atoms with Gasteiger partial charge in [0.25, 0.3) is 0 Å². The highest BCUT2D eigenvalue weighted by atomic mass is 16.5. The van der Waals surface area contributed by atoms with Crippen LogP contribution in [0.25, 0.3) is 0 Å². The van der Waals surface area contributed by atoms with Gasteiger partial charge in [-0.1, -0.05) is 12.1 Å². The second-order valence-electron chi connectivity index (χ2n) is 6.83. The molecule has 1 unspecified atom stereocenters. The third-order valence-electron chi connectivity index (χ3n) is 4.23. The first kappa shape index (κ1) is 19.2. The monoisotopic (exact) mass is 348 g/mol. The summed E-state index contributed by atoms with van der Waals surface area (Å²) < 4.78 is 5.60. The molecule has 0 aliphatic heterocycles. The fourth-order valence-corrected chi connectivity index (χ4v) is 2.71. The van der Waals surface area contributed by atoms with E-state index in [1.165, 1.54) is 0 Å². The molecule has 25 heavy (non-hydrogen) atoms. The lowest BCUT2D eigenvalue weighted by Gasteiger charge is -2.25. The first-order chi connectivity index (χ1) is 11.9. The molecule has 1 saturated carbocycles. The highest BCUT2D eigenvalue weighted by Gasteiger charge is 2.35. The predicted octanol–water partition coefficient (Wildman–Crippen LogP) is 2.07. The number of aliphatic carboxylic acids is 1. The normalized spacial score (nSPS) is 15.2. The molecular formula is C19H28N2O4. The van der Waals surface area contributed by atoms with Crippen molar-refractivity contribution in [1.29, 1.82) is 0 Å². The molecule has 138 valence electrons. The van der Waals surface area contributed by atoms with Crippen LogP contribution in [0.4, 0.5) is 0 Å². The number of hydrogen-bond acceptors (Lipinski definition) is 4. The summed E-state index contributed by atoms with van der Waals surface area (Å²) in [5.41, 5.74) is 1.12. The minimum absolute atomic E-state index is 0.125. The summed E-state index contributed by atoms with van der Waals surface area (Å²) in [6.07, 6.45) is 2.81. The number of nitrogens with zero attached hydrogens (tertiary/aromatic N) is 1. The molecule has 1 aliphatic rings. The number of carbonyl (C=O) groups excluding carboxylic acids is 1. The van der Waals surface area contributed by atoms with Gasteiger partial charge in [-0.3, -0.25) is 14.5 Å². The molecule has 2 rings (SSSR count). The zero-order valence-electron chi connectivity index (χ0n) is 15.2. The van der Waals surface area contributed by atoms with Gasteiger partial charge in [-0.2, -0.15) is 0 Å². The second-order valence-corrected chi connectivity index (χ2v) is 6.83. The van der Waals surface area contributed by atoms with E-state index >= 15 is 0 Å². The summed E-state index contributed by atoms with van der Waals surface area (Å²) in [5.74, 6) is -0.173. The van der Waals surface area contributed by atoms with E-state index < -0.39 is 12.0 Å². The van der Waals surface area contributed by atoms with Gasteiger partial charge in [-0.15, -0.1) is 0 Å². The lowest BCUT2D eigenvalue weighted by Crippen LogP contribution is -2.46. The molecule has 0 saturated heterocycles. The van der Waals surface area contributed by atoms with Gasteiger partial charge in [-0.25, -0.2) is 0 Å². The minimum atomic E-state index is -0.886.